The van der Waals surface area contributed by atoms with E-state index in [0.717, 1.165) is 7.11 Å². The lowest BCUT2D eigenvalue weighted by Crippen LogP contribution is -2.37. The Morgan fingerprint density at radius 1 is 1.19 bits per heavy atom. The quantitative estimate of drug-likeness (QED) is 0.411. The molecule has 2 heterocycles. The van der Waals surface area contributed by atoms with Crippen molar-refractivity contribution in [3.05, 3.63) is 75.1 Å². The van der Waals surface area contributed by atoms with Crippen LogP contribution in [0.1, 0.15) is 30.9 Å². The minimum absolute atomic E-state index is 0.151. The molecule has 1 aromatic heterocycles. The molecule has 0 bridgehead atoms. The molecule has 0 saturated carbocycles. The van der Waals surface area contributed by atoms with Gasteiger partial charge in [-0.1, -0.05) is 11.6 Å². The predicted octanol–water partition coefficient (Wildman–Crippen LogP) is 4.68. The number of halogens is 6. The highest BCUT2D eigenvalue weighted by Gasteiger charge is 2.47. The zero-order chi connectivity index (χ0) is 26.8. The molecule has 36 heavy (non-hydrogen) atoms. The molecule has 13 heteroatoms. The van der Waals surface area contributed by atoms with Crippen molar-refractivity contribution in [2.24, 2.45) is 0 Å². The van der Waals surface area contributed by atoms with Gasteiger partial charge in [0.05, 0.1) is 53.1 Å². The van der Waals surface area contributed by atoms with Crippen molar-refractivity contribution in [2.45, 2.75) is 38.6 Å². The first-order chi connectivity index (χ1) is 16.9. The molecule has 0 spiro atoms. The standard InChI is InChI=1S/C23H21ClF5N3O4/c1-11(2)36-22(34)18-15(10-32-8-4-7-30-32)31-14(9-25)17(21(33)35-3)19(18)16-13(26)6-5-12(24)20(16)23(27,28)29/h4-8,11,19,31H,9-10H2,1-3H3. The summed E-state index contributed by atoms with van der Waals surface area (Å²) in [6, 6.07) is 2.90. The minimum atomic E-state index is -5.20. The normalized spacial score (nSPS) is 16.3. The molecule has 1 unspecified atom stereocenters. The number of ether oxygens (including phenoxy) is 2. The summed E-state index contributed by atoms with van der Waals surface area (Å²) in [5.74, 6) is -5.93. The summed E-state index contributed by atoms with van der Waals surface area (Å²) in [6.45, 7) is 1.33. The maximum absolute atomic E-state index is 15.3. The van der Waals surface area contributed by atoms with Crippen LogP contribution in [0.25, 0.3) is 0 Å². The number of esters is 2. The number of nitrogens with one attached hydrogen (secondary N) is 1. The number of carbonyl (C=O) groups is 2. The Kier molecular flexibility index (Phi) is 8.07. The predicted molar refractivity (Wildman–Crippen MR) is 118 cm³/mol. The average molecular weight is 534 g/mol. The second-order valence-corrected chi connectivity index (χ2v) is 8.35. The van der Waals surface area contributed by atoms with Gasteiger partial charge in [0, 0.05) is 23.7 Å². The van der Waals surface area contributed by atoms with Crippen LogP contribution in [0, 0.1) is 5.82 Å². The molecule has 1 aliphatic heterocycles. The van der Waals surface area contributed by atoms with Crippen LogP contribution in [0.3, 0.4) is 0 Å². The number of nitrogens with zero attached hydrogens (tertiary/aromatic N) is 2. The van der Waals surface area contributed by atoms with E-state index in [1.54, 1.807) is 0 Å². The first-order valence-electron chi connectivity index (χ1n) is 10.5. The van der Waals surface area contributed by atoms with Crippen molar-refractivity contribution in [2.75, 3.05) is 13.8 Å². The average Bonchev–Trinajstić information content (AvgIpc) is 3.30. The van der Waals surface area contributed by atoms with E-state index in [9.17, 15) is 27.2 Å². The van der Waals surface area contributed by atoms with Crippen molar-refractivity contribution >= 4 is 23.5 Å². The molecule has 1 aromatic carbocycles. The number of dihydropyridines is 1. The fourth-order valence-corrected chi connectivity index (χ4v) is 4.16. The Morgan fingerprint density at radius 3 is 2.39 bits per heavy atom. The van der Waals surface area contributed by atoms with Crippen molar-refractivity contribution in [1.82, 2.24) is 15.1 Å². The van der Waals surface area contributed by atoms with E-state index in [2.05, 4.69) is 15.2 Å². The molecule has 0 aliphatic carbocycles. The lowest BCUT2D eigenvalue weighted by molar-refractivity contribution is -0.144. The number of benzene rings is 1. The molecular formula is C23H21ClF5N3O4. The molecule has 7 nitrogen and oxygen atoms in total. The SMILES string of the molecule is COC(=O)C1=C(CF)NC(Cn2cccn2)=C(C(=O)OC(C)C)C1c1c(F)ccc(Cl)c1C(F)(F)F. The summed E-state index contributed by atoms with van der Waals surface area (Å²) in [5, 5.41) is 5.69. The summed E-state index contributed by atoms with van der Waals surface area (Å²) < 4.78 is 83.2. The molecule has 1 N–H and O–H groups in total. The van der Waals surface area contributed by atoms with Crippen molar-refractivity contribution < 1.29 is 41.0 Å². The number of rotatable bonds is 7. The van der Waals surface area contributed by atoms with Gasteiger partial charge in [-0.05, 0) is 32.0 Å². The summed E-state index contributed by atoms with van der Waals surface area (Å²) >= 11 is 5.84. The fourth-order valence-electron chi connectivity index (χ4n) is 3.89. The molecule has 2 aromatic rings. The van der Waals surface area contributed by atoms with Crippen LogP contribution in [0.5, 0.6) is 0 Å². The van der Waals surface area contributed by atoms with Crippen LogP contribution in [-0.4, -0.2) is 41.6 Å². The van der Waals surface area contributed by atoms with E-state index in [1.165, 1.54) is 37.0 Å². The molecule has 194 valence electrons. The zero-order valence-corrected chi connectivity index (χ0v) is 20.0. The number of alkyl halides is 4. The smallest absolute Gasteiger partial charge is 0.418 e. The summed E-state index contributed by atoms with van der Waals surface area (Å²) in [4.78, 5) is 26.1. The monoisotopic (exact) mass is 533 g/mol. The third-order valence-electron chi connectivity index (χ3n) is 5.22. The minimum Gasteiger partial charge on any atom is -0.466 e. The van der Waals surface area contributed by atoms with Crippen molar-refractivity contribution in [1.29, 1.82) is 0 Å². The summed E-state index contributed by atoms with van der Waals surface area (Å²) in [7, 11) is 0.913. The van der Waals surface area contributed by atoms with Gasteiger partial charge in [0.15, 0.2) is 0 Å². The van der Waals surface area contributed by atoms with Gasteiger partial charge in [0.1, 0.15) is 12.5 Å². The number of hydrogen-bond donors (Lipinski definition) is 1. The second-order valence-electron chi connectivity index (χ2n) is 7.94. The lowest BCUT2D eigenvalue weighted by Gasteiger charge is -2.33. The molecule has 1 aliphatic rings. The Balaban J connectivity index is 2.45. The lowest BCUT2D eigenvalue weighted by atomic mass is 9.77. The van der Waals surface area contributed by atoms with Gasteiger partial charge in [-0.15, -0.1) is 0 Å². The third kappa shape index (κ3) is 5.38. The molecule has 3 rings (SSSR count). The van der Waals surface area contributed by atoms with Gasteiger partial charge in [-0.25, -0.2) is 18.4 Å². The zero-order valence-electron chi connectivity index (χ0n) is 19.3. The van der Waals surface area contributed by atoms with Crippen LogP contribution in [-0.2, 0) is 31.8 Å². The van der Waals surface area contributed by atoms with E-state index >= 15 is 4.39 Å². The molecular weight excluding hydrogens is 513 g/mol. The van der Waals surface area contributed by atoms with Crippen LogP contribution < -0.4 is 5.32 Å². The molecule has 1 atom stereocenters. The van der Waals surface area contributed by atoms with Crippen molar-refractivity contribution in [3.8, 4) is 0 Å². The Labute approximate surface area is 207 Å². The topological polar surface area (TPSA) is 82.5 Å². The van der Waals surface area contributed by atoms with E-state index in [1.807, 2.05) is 0 Å². The van der Waals surface area contributed by atoms with Crippen LogP contribution >= 0.6 is 11.6 Å². The molecule has 0 radical (unpaired) electrons. The Morgan fingerprint density at radius 2 is 1.86 bits per heavy atom. The Hall–Kier alpha value is -3.41. The first-order valence-corrected chi connectivity index (χ1v) is 10.9. The number of hydrogen-bond acceptors (Lipinski definition) is 6. The third-order valence-corrected chi connectivity index (χ3v) is 5.54. The van der Waals surface area contributed by atoms with Gasteiger partial charge in [0.25, 0.3) is 0 Å². The van der Waals surface area contributed by atoms with Gasteiger partial charge in [0.2, 0.25) is 0 Å². The van der Waals surface area contributed by atoms with E-state index in [-0.39, 0.29) is 12.2 Å². The summed E-state index contributed by atoms with van der Waals surface area (Å²) in [5.41, 5.74) is -4.71. The van der Waals surface area contributed by atoms with Crippen LogP contribution in [0.15, 0.2) is 53.1 Å². The van der Waals surface area contributed by atoms with Gasteiger partial charge < -0.3 is 14.8 Å². The van der Waals surface area contributed by atoms with Crippen LogP contribution in [0.4, 0.5) is 22.0 Å². The van der Waals surface area contributed by atoms with Crippen LogP contribution in [0.2, 0.25) is 5.02 Å². The fraction of sp³-hybridized carbons (Fsp3) is 0.348. The molecule has 0 amide bonds. The van der Waals surface area contributed by atoms with E-state index in [4.69, 9.17) is 16.3 Å². The van der Waals surface area contributed by atoms with Gasteiger partial charge in [-0.2, -0.15) is 18.3 Å². The van der Waals surface area contributed by atoms with Gasteiger partial charge >= 0.3 is 18.1 Å². The number of methoxy groups -OCH3 is 1. The maximum Gasteiger partial charge on any atom is 0.418 e. The molecule has 0 saturated heterocycles. The molecule has 0 fully saturated rings. The number of allylic oxidation sites excluding steroid dienone is 2. The largest absolute Gasteiger partial charge is 0.466 e. The van der Waals surface area contributed by atoms with Gasteiger partial charge in [-0.3, -0.25) is 4.68 Å². The highest BCUT2D eigenvalue weighted by atomic mass is 35.5. The Bertz CT molecular complexity index is 1220. The van der Waals surface area contributed by atoms with Crippen molar-refractivity contribution in [3.63, 3.8) is 0 Å². The highest BCUT2D eigenvalue weighted by molar-refractivity contribution is 6.31. The summed E-state index contributed by atoms with van der Waals surface area (Å²) in [6.07, 6.45) is -3.07. The first kappa shape index (κ1) is 27.2. The number of carbonyl (C=O) groups excluding carboxylic acids is 2. The maximum atomic E-state index is 15.3. The van der Waals surface area contributed by atoms with E-state index in [0.29, 0.717) is 12.1 Å². The second kappa shape index (κ2) is 10.7. The van der Waals surface area contributed by atoms with E-state index < -0.39 is 75.6 Å². The highest BCUT2D eigenvalue weighted by Crippen LogP contribution is 2.48. The number of aromatic nitrogens is 2.